The molecule has 0 aliphatic carbocycles. The third kappa shape index (κ3) is 3.91. The number of ether oxygens (including phenoxy) is 2. The summed E-state index contributed by atoms with van der Waals surface area (Å²) in [6, 6.07) is 1.04. The number of hydrogen-bond acceptors (Lipinski definition) is 4. The van der Waals surface area contributed by atoms with Gasteiger partial charge >= 0.3 is 0 Å². The lowest BCUT2D eigenvalue weighted by Gasteiger charge is -2.45. The highest BCUT2D eigenvalue weighted by Crippen LogP contribution is 2.34. The number of rotatable bonds is 6. The summed E-state index contributed by atoms with van der Waals surface area (Å²) in [6.45, 7) is 1.89. The van der Waals surface area contributed by atoms with Gasteiger partial charge in [-0.2, -0.15) is 0 Å². The minimum Gasteiger partial charge on any atom is -0.390 e. The Bertz CT molecular complexity index is 223. The van der Waals surface area contributed by atoms with E-state index in [0.717, 1.165) is 19.3 Å². The van der Waals surface area contributed by atoms with E-state index in [1.54, 1.807) is 7.11 Å². The van der Waals surface area contributed by atoms with E-state index in [1.807, 2.05) is 0 Å². The van der Waals surface area contributed by atoms with Crippen LogP contribution in [0.3, 0.4) is 0 Å². The molecule has 0 radical (unpaired) electrons. The van der Waals surface area contributed by atoms with Gasteiger partial charge in [0, 0.05) is 25.8 Å². The molecule has 4 nitrogen and oxygen atoms in total. The maximum atomic E-state index is 10.6. The van der Waals surface area contributed by atoms with E-state index in [1.165, 1.54) is 19.3 Å². The topological polar surface area (TPSA) is 50.7 Å². The van der Waals surface area contributed by atoms with Crippen LogP contribution >= 0.6 is 0 Å². The van der Waals surface area contributed by atoms with Gasteiger partial charge in [0.05, 0.1) is 18.8 Å². The molecule has 2 rings (SSSR count). The second-order valence-corrected chi connectivity index (χ2v) is 5.48. The molecule has 2 atom stereocenters. The first-order chi connectivity index (χ1) is 8.22. The van der Waals surface area contributed by atoms with Crippen molar-refractivity contribution in [2.75, 3.05) is 26.9 Å². The lowest BCUT2D eigenvalue weighted by atomic mass is 9.76. The molecule has 0 saturated carbocycles. The molecule has 0 aromatic rings. The molecule has 2 aliphatic heterocycles. The van der Waals surface area contributed by atoms with E-state index < -0.39 is 5.60 Å². The summed E-state index contributed by atoms with van der Waals surface area (Å²) in [5.41, 5.74) is -0.506. The van der Waals surface area contributed by atoms with Crippen LogP contribution in [-0.4, -0.2) is 49.7 Å². The van der Waals surface area contributed by atoms with Crippen molar-refractivity contribution in [1.82, 2.24) is 5.32 Å². The zero-order valence-electron chi connectivity index (χ0n) is 10.8. The molecule has 2 heterocycles. The van der Waals surface area contributed by atoms with Crippen LogP contribution in [0.5, 0.6) is 0 Å². The molecule has 2 bridgehead atoms. The second kappa shape index (κ2) is 6.14. The summed E-state index contributed by atoms with van der Waals surface area (Å²) >= 11 is 0. The van der Waals surface area contributed by atoms with Crippen LogP contribution < -0.4 is 5.32 Å². The van der Waals surface area contributed by atoms with E-state index in [2.05, 4.69) is 5.32 Å². The molecule has 4 heteroatoms. The van der Waals surface area contributed by atoms with Gasteiger partial charge in [0.15, 0.2) is 0 Å². The monoisotopic (exact) mass is 243 g/mol. The first-order valence-electron chi connectivity index (χ1n) is 6.77. The molecule has 2 aliphatic rings. The van der Waals surface area contributed by atoms with Gasteiger partial charge in [-0.15, -0.1) is 0 Å². The summed E-state index contributed by atoms with van der Waals surface area (Å²) in [5.74, 6) is 0. The van der Waals surface area contributed by atoms with E-state index >= 15 is 0 Å². The Kier molecular flexibility index (Phi) is 4.79. The van der Waals surface area contributed by atoms with Crippen LogP contribution in [0.15, 0.2) is 0 Å². The van der Waals surface area contributed by atoms with E-state index in [0.29, 0.717) is 31.9 Å². The van der Waals surface area contributed by atoms with Gasteiger partial charge in [-0.25, -0.2) is 0 Å². The molecular formula is C13H25NO3. The lowest BCUT2D eigenvalue weighted by Crippen LogP contribution is -2.56. The molecule has 0 aromatic carbocycles. The van der Waals surface area contributed by atoms with Crippen molar-refractivity contribution < 1.29 is 14.6 Å². The fraction of sp³-hybridized carbons (Fsp3) is 1.00. The molecule has 100 valence electrons. The maximum absolute atomic E-state index is 10.6. The van der Waals surface area contributed by atoms with Gasteiger partial charge in [0.1, 0.15) is 0 Å². The molecule has 0 spiro atoms. The predicted octanol–water partition coefficient (Wildman–Crippen LogP) is 1.08. The number of fused-ring (bicyclic) bond motifs is 2. The van der Waals surface area contributed by atoms with Crippen LogP contribution in [0.25, 0.3) is 0 Å². The van der Waals surface area contributed by atoms with Crippen molar-refractivity contribution in [2.45, 2.75) is 56.2 Å². The number of aliphatic hydroxyl groups is 1. The Morgan fingerprint density at radius 2 is 1.88 bits per heavy atom. The van der Waals surface area contributed by atoms with Crippen LogP contribution in [0, 0.1) is 0 Å². The average molecular weight is 243 g/mol. The third-order valence-corrected chi connectivity index (χ3v) is 3.97. The summed E-state index contributed by atoms with van der Waals surface area (Å²) < 4.78 is 10.4. The first kappa shape index (κ1) is 13.3. The standard InChI is InChI=1S/C13H25NO3/c1-16-7-8-17-6-5-13(15)9-11-3-2-4-12(10-13)14-11/h11-12,14-15H,2-10H2,1H3. The zero-order valence-corrected chi connectivity index (χ0v) is 10.8. The fourth-order valence-corrected chi connectivity index (χ4v) is 3.14. The summed E-state index contributed by atoms with van der Waals surface area (Å²) in [7, 11) is 1.67. The van der Waals surface area contributed by atoms with E-state index in [9.17, 15) is 5.11 Å². The summed E-state index contributed by atoms with van der Waals surface area (Å²) in [4.78, 5) is 0. The van der Waals surface area contributed by atoms with Crippen LogP contribution in [0.2, 0.25) is 0 Å². The zero-order chi connectivity index (χ0) is 12.1. The van der Waals surface area contributed by atoms with Crippen LogP contribution in [0.1, 0.15) is 38.5 Å². The summed E-state index contributed by atoms with van der Waals surface area (Å²) in [6.07, 6.45) is 6.26. The molecular weight excluding hydrogens is 218 g/mol. The van der Waals surface area contributed by atoms with Crippen molar-refractivity contribution in [3.8, 4) is 0 Å². The second-order valence-electron chi connectivity index (χ2n) is 5.48. The molecule has 2 fully saturated rings. The third-order valence-electron chi connectivity index (χ3n) is 3.97. The lowest BCUT2D eigenvalue weighted by molar-refractivity contribution is -0.0567. The number of nitrogens with one attached hydrogen (secondary N) is 1. The van der Waals surface area contributed by atoms with Crippen molar-refractivity contribution in [2.24, 2.45) is 0 Å². The molecule has 0 aromatic heterocycles. The first-order valence-corrected chi connectivity index (χ1v) is 6.77. The van der Waals surface area contributed by atoms with Crippen molar-refractivity contribution in [1.29, 1.82) is 0 Å². The largest absolute Gasteiger partial charge is 0.390 e. The van der Waals surface area contributed by atoms with Crippen molar-refractivity contribution >= 4 is 0 Å². The molecule has 0 amide bonds. The Hall–Kier alpha value is -0.160. The highest BCUT2D eigenvalue weighted by atomic mass is 16.5. The fourth-order valence-electron chi connectivity index (χ4n) is 3.14. The van der Waals surface area contributed by atoms with Crippen molar-refractivity contribution in [3.05, 3.63) is 0 Å². The Labute approximate surface area is 104 Å². The minimum atomic E-state index is -0.506. The van der Waals surface area contributed by atoms with Gasteiger partial charge < -0.3 is 19.9 Å². The van der Waals surface area contributed by atoms with Gasteiger partial charge in [-0.1, -0.05) is 6.42 Å². The smallest absolute Gasteiger partial charge is 0.0700 e. The average Bonchev–Trinajstić information content (AvgIpc) is 2.28. The normalized spacial score (nSPS) is 37.1. The Morgan fingerprint density at radius 1 is 1.18 bits per heavy atom. The van der Waals surface area contributed by atoms with Gasteiger partial charge in [-0.05, 0) is 32.1 Å². The highest BCUT2D eigenvalue weighted by Gasteiger charge is 2.40. The Morgan fingerprint density at radius 3 is 2.53 bits per heavy atom. The Balaban J connectivity index is 1.71. The van der Waals surface area contributed by atoms with Crippen LogP contribution in [-0.2, 0) is 9.47 Å². The quantitative estimate of drug-likeness (QED) is 0.685. The number of piperidine rings is 2. The van der Waals surface area contributed by atoms with E-state index in [4.69, 9.17) is 9.47 Å². The SMILES string of the molecule is COCCOCCC1(O)CC2CCCC(C1)N2. The number of methoxy groups -OCH3 is 1. The molecule has 17 heavy (non-hydrogen) atoms. The highest BCUT2D eigenvalue weighted by molar-refractivity contribution is 4.97. The predicted molar refractivity (Wildman–Crippen MR) is 66.1 cm³/mol. The molecule has 2 N–H and O–H groups in total. The van der Waals surface area contributed by atoms with Gasteiger partial charge in [0.2, 0.25) is 0 Å². The maximum Gasteiger partial charge on any atom is 0.0700 e. The minimum absolute atomic E-state index is 0.506. The van der Waals surface area contributed by atoms with Gasteiger partial charge in [0.25, 0.3) is 0 Å². The molecule has 2 unspecified atom stereocenters. The number of hydrogen-bond donors (Lipinski definition) is 2. The van der Waals surface area contributed by atoms with E-state index in [-0.39, 0.29) is 0 Å². The molecule has 2 saturated heterocycles. The van der Waals surface area contributed by atoms with Gasteiger partial charge in [-0.3, -0.25) is 0 Å². The van der Waals surface area contributed by atoms with Crippen molar-refractivity contribution in [3.63, 3.8) is 0 Å². The summed E-state index contributed by atoms with van der Waals surface area (Å²) in [5, 5.41) is 14.2. The van der Waals surface area contributed by atoms with Crippen LogP contribution in [0.4, 0.5) is 0 Å².